The van der Waals surface area contributed by atoms with Crippen LogP contribution in [0.5, 0.6) is 0 Å². The fourth-order valence-corrected chi connectivity index (χ4v) is 2.36. The first kappa shape index (κ1) is 14.5. The fourth-order valence-electron chi connectivity index (χ4n) is 2.36. The molecule has 0 amide bonds. The lowest BCUT2D eigenvalue weighted by Crippen LogP contribution is -2.37. The first-order valence-corrected chi connectivity index (χ1v) is 6.96. The SMILES string of the molecule is COC(=O)c1[nH]c(-c2ccc(F)cc2)nc1N1CCOCC1. The molecule has 2 aromatic rings. The Morgan fingerprint density at radius 1 is 1.32 bits per heavy atom. The van der Waals surface area contributed by atoms with E-state index in [1.54, 1.807) is 12.1 Å². The molecule has 2 heterocycles. The van der Waals surface area contributed by atoms with E-state index in [0.29, 0.717) is 49.2 Å². The maximum Gasteiger partial charge on any atom is 0.358 e. The third-order valence-corrected chi connectivity index (χ3v) is 3.50. The number of benzene rings is 1. The normalized spacial score (nSPS) is 14.9. The van der Waals surface area contributed by atoms with E-state index in [4.69, 9.17) is 9.47 Å². The lowest BCUT2D eigenvalue weighted by molar-refractivity contribution is 0.0594. The van der Waals surface area contributed by atoms with Crippen LogP contribution in [0.3, 0.4) is 0 Å². The van der Waals surface area contributed by atoms with Gasteiger partial charge < -0.3 is 19.4 Å². The van der Waals surface area contributed by atoms with E-state index in [9.17, 15) is 9.18 Å². The van der Waals surface area contributed by atoms with Crippen LogP contribution in [-0.4, -0.2) is 49.4 Å². The van der Waals surface area contributed by atoms with Gasteiger partial charge in [0.2, 0.25) is 0 Å². The number of imidazole rings is 1. The molecule has 116 valence electrons. The topological polar surface area (TPSA) is 67.5 Å². The Hall–Kier alpha value is -2.41. The number of H-pyrrole nitrogens is 1. The third-order valence-electron chi connectivity index (χ3n) is 3.50. The van der Waals surface area contributed by atoms with Crippen LogP contribution in [0.4, 0.5) is 10.2 Å². The number of halogens is 1. The predicted octanol–water partition coefficient (Wildman–Crippen LogP) is 1.84. The minimum absolute atomic E-state index is 0.295. The molecule has 0 radical (unpaired) electrons. The van der Waals surface area contributed by atoms with Gasteiger partial charge in [-0.05, 0) is 24.3 Å². The highest BCUT2D eigenvalue weighted by atomic mass is 19.1. The van der Waals surface area contributed by atoms with Crippen LogP contribution in [0.1, 0.15) is 10.5 Å². The van der Waals surface area contributed by atoms with Crippen LogP contribution < -0.4 is 4.90 Å². The lowest BCUT2D eigenvalue weighted by Gasteiger charge is -2.27. The molecule has 0 atom stereocenters. The van der Waals surface area contributed by atoms with Gasteiger partial charge in [0, 0.05) is 18.7 Å². The Labute approximate surface area is 126 Å². The van der Waals surface area contributed by atoms with Gasteiger partial charge in [-0.1, -0.05) is 0 Å². The van der Waals surface area contributed by atoms with Gasteiger partial charge in [0.1, 0.15) is 11.6 Å². The third kappa shape index (κ3) is 2.80. The molecule has 0 aliphatic carbocycles. The van der Waals surface area contributed by atoms with E-state index in [1.807, 2.05) is 4.90 Å². The number of nitrogens with zero attached hydrogens (tertiary/aromatic N) is 2. The van der Waals surface area contributed by atoms with Gasteiger partial charge in [-0.15, -0.1) is 0 Å². The number of aromatic amines is 1. The Morgan fingerprint density at radius 2 is 2.00 bits per heavy atom. The van der Waals surface area contributed by atoms with Gasteiger partial charge in [-0.2, -0.15) is 0 Å². The van der Waals surface area contributed by atoms with Crippen molar-refractivity contribution in [3.8, 4) is 11.4 Å². The summed E-state index contributed by atoms with van der Waals surface area (Å²) in [7, 11) is 1.32. The van der Waals surface area contributed by atoms with Crippen LogP contribution in [0, 0.1) is 5.82 Å². The van der Waals surface area contributed by atoms with E-state index >= 15 is 0 Å². The highest BCUT2D eigenvalue weighted by Gasteiger charge is 2.24. The second kappa shape index (κ2) is 6.15. The second-order valence-corrected chi connectivity index (χ2v) is 4.88. The fraction of sp³-hybridized carbons (Fsp3) is 0.333. The van der Waals surface area contributed by atoms with Crippen LogP contribution in [0.15, 0.2) is 24.3 Å². The summed E-state index contributed by atoms with van der Waals surface area (Å²) in [5.74, 6) is 0.232. The summed E-state index contributed by atoms with van der Waals surface area (Å²) in [6, 6.07) is 5.92. The standard InChI is InChI=1S/C15H16FN3O3/c1-21-15(20)12-14(19-6-8-22-9-7-19)18-13(17-12)10-2-4-11(16)5-3-10/h2-5H,6-9H2,1H3,(H,17,18). The summed E-state index contributed by atoms with van der Waals surface area (Å²) >= 11 is 0. The average molecular weight is 305 g/mol. The van der Waals surface area contributed by atoms with Crippen molar-refractivity contribution in [1.82, 2.24) is 9.97 Å². The molecule has 1 aliphatic rings. The summed E-state index contributed by atoms with van der Waals surface area (Å²) in [5.41, 5.74) is 0.995. The molecule has 6 nitrogen and oxygen atoms in total. The number of nitrogens with one attached hydrogen (secondary N) is 1. The number of morpholine rings is 1. The molecule has 1 aromatic carbocycles. The van der Waals surface area contributed by atoms with Gasteiger partial charge in [0.15, 0.2) is 11.5 Å². The van der Waals surface area contributed by atoms with E-state index in [1.165, 1.54) is 19.2 Å². The molecule has 3 rings (SSSR count). The van der Waals surface area contributed by atoms with Gasteiger partial charge in [0.05, 0.1) is 20.3 Å². The highest BCUT2D eigenvalue weighted by Crippen LogP contribution is 2.25. The Morgan fingerprint density at radius 3 is 2.64 bits per heavy atom. The van der Waals surface area contributed by atoms with Crippen molar-refractivity contribution >= 4 is 11.8 Å². The van der Waals surface area contributed by atoms with Crippen molar-refractivity contribution in [3.05, 3.63) is 35.8 Å². The lowest BCUT2D eigenvalue weighted by atomic mass is 10.2. The first-order chi connectivity index (χ1) is 10.7. The molecule has 1 N–H and O–H groups in total. The van der Waals surface area contributed by atoms with Gasteiger partial charge in [-0.25, -0.2) is 14.2 Å². The number of esters is 1. The molecule has 1 fully saturated rings. The van der Waals surface area contributed by atoms with Gasteiger partial charge >= 0.3 is 5.97 Å². The summed E-state index contributed by atoms with van der Waals surface area (Å²) in [6.07, 6.45) is 0. The minimum atomic E-state index is -0.484. The summed E-state index contributed by atoms with van der Waals surface area (Å²) in [5, 5.41) is 0. The molecule has 0 bridgehead atoms. The summed E-state index contributed by atoms with van der Waals surface area (Å²) < 4.78 is 23.2. The Kier molecular flexibility index (Phi) is 4.06. The van der Waals surface area contributed by atoms with Crippen molar-refractivity contribution < 1.29 is 18.7 Å². The molecule has 1 saturated heterocycles. The van der Waals surface area contributed by atoms with E-state index in [2.05, 4.69) is 9.97 Å². The number of carbonyl (C=O) groups excluding carboxylic acids is 1. The average Bonchev–Trinajstić information content (AvgIpc) is 3.01. The molecular weight excluding hydrogens is 289 g/mol. The molecule has 22 heavy (non-hydrogen) atoms. The highest BCUT2D eigenvalue weighted by molar-refractivity contribution is 5.94. The number of aromatic nitrogens is 2. The van der Waals surface area contributed by atoms with Crippen molar-refractivity contribution in [1.29, 1.82) is 0 Å². The molecular formula is C15H16FN3O3. The monoisotopic (exact) mass is 305 g/mol. The van der Waals surface area contributed by atoms with E-state index in [0.717, 1.165) is 0 Å². The van der Waals surface area contributed by atoms with E-state index < -0.39 is 5.97 Å². The molecule has 7 heteroatoms. The first-order valence-electron chi connectivity index (χ1n) is 6.96. The largest absolute Gasteiger partial charge is 0.464 e. The number of anilines is 1. The summed E-state index contributed by atoms with van der Waals surface area (Å²) in [6.45, 7) is 2.47. The molecule has 1 aromatic heterocycles. The molecule has 0 spiro atoms. The summed E-state index contributed by atoms with van der Waals surface area (Å²) in [4.78, 5) is 21.4. The number of carbonyl (C=O) groups is 1. The van der Waals surface area contributed by atoms with Crippen LogP contribution in [0.2, 0.25) is 0 Å². The molecule has 0 saturated carbocycles. The minimum Gasteiger partial charge on any atom is -0.464 e. The Bertz CT molecular complexity index is 663. The maximum atomic E-state index is 13.0. The smallest absolute Gasteiger partial charge is 0.358 e. The van der Waals surface area contributed by atoms with Crippen LogP contribution in [0.25, 0.3) is 11.4 Å². The van der Waals surface area contributed by atoms with Crippen LogP contribution in [-0.2, 0) is 9.47 Å². The Balaban J connectivity index is 2.00. The predicted molar refractivity (Wildman–Crippen MR) is 78.4 cm³/mol. The quantitative estimate of drug-likeness (QED) is 0.876. The number of hydrogen-bond donors (Lipinski definition) is 1. The number of methoxy groups -OCH3 is 1. The zero-order valence-electron chi connectivity index (χ0n) is 12.1. The number of ether oxygens (including phenoxy) is 2. The number of rotatable bonds is 3. The van der Waals surface area contributed by atoms with Crippen LogP contribution >= 0.6 is 0 Å². The zero-order chi connectivity index (χ0) is 15.5. The second-order valence-electron chi connectivity index (χ2n) is 4.88. The van der Waals surface area contributed by atoms with Gasteiger partial charge in [-0.3, -0.25) is 0 Å². The maximum absolute atomic E-state index is 13.0. The molecule has 1 aliphatic heterocycles. The van der Waals surface area contributed by atoms with Crippen molar-refractivity contribution in [2.75, 3.05) is 38.3 Å². The van der Waals surface area contributed by atoms with Crippen molar-refractivity contribution in [2.45, 2.75) is 0 Å². The molecule has 0 unspecified atom stereocenters. The van der Waals surface area contributed by atoms with Crippen molar-refractivity contribution in [3.63, 3.8) is 0 Å². The van der Waals surface area contributed by atoms with Gasteiger partial charge in [0.25, 0.3) is 0 Å². The van der Waals surface area contributed by atoms with Crippen molar-refractivity contribution in [2.24, 2.45) is 0 Å². The van der Waals surface area contributed by atoms with E-state index in [-0.39, 0.29) is 5.82 Å². The zero-order valence-corrected chi connectivity index (χ0v) is 12.1. The number of hydrogen-bond acceptors (Lipinski definition) is 5.